The van der Waals surface area contributed by atoms with Gasteiger partial charge in [0.05, 0.1) is 13.5 Å². The van der Waals surface area contributed by atoms with Gasteiger partial charge in [-0.2, -0.15) is 0 Å². The van der Waals surface area contributed by atoms with Gasteiger partial charge in [-0.15, -0.1) is 11.3 Å². The van der Waals surface area contributed by atoms with Gasteiger partial charge in [0, 0.05) is 18.0 Å². The molecule has 35 heavy (non-hydrogen) atoms. The summed E-state index contributed by atoms with van der Waals surface area (Å²) < 4.78 is 5.22. The number of nitrogens with zero attached hydrogens (tertiary/aromatic N) is 1. The smallest absolute Gasteiger partial charge is 0.247 e. The second-order valence-corrected chi connectivity index (χ2v) is 9.17. The van der Waals surface area contributed by atoms with E-state index in [-0.39, 0.29) is 18.2 Å². The van der Waals surface area contributed by atoms with E-state index in [4.69, 9.17) is 4.74 Å². The Kier molecular flexibility index (Phi) is 8.30. The van der Waals surface area contributed by atoms with Crippen LogP contribution < -0.4 is 10.1 Å². The van der Waals surface area contributed by atoms with Gasteiger partial charge in [-0.05, 0) is 40.3 Å². The number of rotatable bonds is 10. The number of methoxy groups -OCH3 is 1. The zero-order valence-corrected chi connectivity index (χ0v) is 20.4. The van der Waals surface area contributed by atoms with E-state index in [9.17, 15) is 9.59 Å². The van der Waals surface area contributed by atoms with E-state index in [2.05, 4.69) is 5.32 Å². The third-order valence-corrected chi connectivity index (χ3v) is 6.60. The molecule has 0 aliphatic carbocycles. The molecule has 1 aromatic heterocycles. The zero-order chi connectivity index (χ0) is 24.5. The lowest BCUT2D eigenvalue weighted by molar-refractivity contribution is -0.141. The van der Waals surface area contributed by atoms with Gasteiger partial charge in [0.1, 0.15) is 11.8 Å². The highest BCUT2D eigenvalue weighted by molar-refractivity contribution is 7.10. The lowest BCUT2D eigenvalue weighted by atomic mass is 10.0. The van der Waals surface area contributed by atoms with E-state index in [0.717, 1.165) is 27.3 Å². The lowest BCUT2D eigenvalue weighted by Crippen LogP contribution is -2.43. The van der Waals surface area contributed by atoms with Crippen molar-refractivity contribution in [3.63, 3.8) is 0 Å². The number of ether oxygens (including phenoxy) is 1. The van der Waals surface area contributed by atoms with Gasteiger partial charge in [0.25, 0.3) is 0 Å². The van der Waals surface area contributed by atoms with Crippen molar-refractivity contribution in [2.24, 2.45) is 0 Å². The Morgan fingerprint density at radius 2 is 1.54 bits per heavy atom. The fourth-order valence-corrected chi connectivity index (χ4v) is 4.60. The Morgan fingerprint density at radius 3 is 2.17 bits per heavy atom. The van der Waals surface area contributed by atoms with E-state index in [1.165, 1.54) is 0 Å². The van der Waals surface area contributed by atoms with Crippen LogP contribution in [0, 0.1) is 0 Å². The molecule has 0 aliphatic heterocycles. The first-order chi connectivity index (χ1) is 17.1. The number of nitrogens with one attached hydrogen (secondary N) is 1. The molecule has 2 amide bonds. The minimum absolute atomic E-state index is 0.0928. The summed E-state index contributed by atoms with van der Waals surface area (Å²) in [6.07, 6.45) is 0.250. The van der Waals surface area contributed by atoms with Crippen molar-refractivity contribution in [3.8, 4) is 5.75 Å². The molecule has 0 unspecified atom stereocenters. The van der Waals surface area contributed by atoms with Crippen LogP contribution in [-0.4, -0.2) is 23.8 Å². The van der Waals surface area contributed by atoms with Crippen LogP contribution in [0.1, 0.15) is 27.6 Å². The predicted octanol–water partition coefficient (Wildman–Crippen LogP) is 5.39. The molecule has 0 radical (unpaired) electrons. The fourth-order valence-electron chi connectivity index (χ4n) is 3.90. The topological polar surface area (TPSA) is 58.6 Å². The number of carbonyl (C=O) groups is 2. The Bertz CT molecular complexity index is 1210. The van der Waals surface area contributed by atoms with Gasteiger partial charge >= 0.3 is 0 Å². The monoisotopic (exact) mass is 484 g/mol. The first-order valence-electron chi connectivity index (χ1n) is 11.5. The summed E-state index contributed by atoms with van der Waals surface area (Å²) in [6, 6.07) is 29.9. The molecule has 4 aromatic rings. The molecule has 5 nitrogen and oxygen atoms in total. The largest absolute Gasteiger partial charge is 0.497 e. The molecule has 0 fully saturated rings. The molecule has 1 atom stereocenters. The number of amides is 2. The molecular weight excluding hydrogens is 456 g/mol. The van der Waals surface area contributed by atoms with Crippen molar-refractivity contribution in [3.05, 3.63) is 124 Å². The number of hydrogen-bond donors (Lipinski definition) is 1. The number of thiophene rings is 1. The van der Waals surface area contributed by atoms with E-state index < -0.39 is 6.04 Å². The number of hydrogen-bond acceptors (Lipinski definition) is 4. The van der Waals surface area contributed by atoms with Gasteiger partial charge in [-0.1, -0.05) is 78.9 Å². The summed E-state index contributed by atoms with van der Waals surface area (Å²) in [5, 5.41) is 5.00. The molecule has 4 rings (SSSR count). The van der Waals surface area contributed by atoms with Crippen LogP contribution in [0.15, 0.2) is 102 Å². The molecule has 3 aromatic carbocycles. The molecule has 0 saturated carbocycles. The van der Waals surface area contributed by atoms with Crippen LogP contribution >= 0.6 is 11.3 Å². The van der Waals surface area contributed by atoms with Crippen molar-refractivity contribution >= 4 is 23.2 Å². The highest BCUT2D eigenvalue weighted by atomic mass is 32.1. The van der Waals surface area contributed by atoms with Crippen molar-refractivity contribution in [1.29, 1.82) is 0 Å². The van der Waals surface area contributed by atoms with E-state index in [1.54, 1.807) is 23.3 Å². The summed E-state index contributed by atoms with van der Waals surface area (Å²) in [5.74, 6) is 0.447. The molecule has 178 valence electrons. The zero-order valence-electron chi connectivity index (χ0n) is 19.6. The first kappa shape index (κ1) is 24.2. The first-order valence-corrected chi connectivity index (χ1v) is 12.3. The van der Waals surface area contributed by atoms with Gasteiger partial charge < -0.3 is 15.0 Å². The van der Waals surface area contributed by atoms with Crippen LogP contribution in [0.3, 0.4) is 0 Å². The van der Waals surface area contributed by atoms with Crippen LogP contribution in [0.5, 0.6) is 5.75 Å². The predicted molar refractivity (Wildman–Crippen MR) is 139 cm³/mol. The second kappa shape index (κ2) is 12.0. The number of benzene rings is 3. The maximum Gasteiger partial charge on any atom is 0.247 e. The van der Waals surface area contributed by atoms with E-state index in [1.807, 2.05) is 102 Å². The molecular formula is C29H28N2O3S. The minimum Gasteiger partial charge on any atom is -0.497 e. The highest BCUT2D eigenvalue weighted by Gasteiger charge is 2.31. The second-order valence-electron chi connectivity index (χ2n) is 8.14. The Hall–Kier alpha value is -3.90. The number of carbonyl (C=O) groups excluding carboxylic acids is 2. The fraction of sp³-hybridized carbons (Fsp3) is 0.172. The van der Waals surface area contributed by atoms with Gasteiger partial charge in [0.15, 0.2) is 0 Å². The average Bonchev–Trinajstić information content (AvgIpc) is 3.41. The van der Waals surface area contributed by atoms with Crippen LogP contribution in [-0.2, 0) is 29.1 Å². The maximum atomic E-state index is 13.7. The third kappa shape index (κ3) is 6.58. The third-order valence-electron chi connectivity index (χ3n) is 5.72. The minimum atomic E-state index is -0.762. The molecule has 1 N–H and O–H groups in total. The Labute approximate surface area is 210 Å². The van der Waals surface area contributed by atoms with Gasteiger partial charge in [-0.25, -0.2) is 0 Å². The van der Waals surface area contributed by atoms with Crippen molar-refractivity contribution < 1.29 is 14.3 Å². The average molecular weight is 485 g/mol. The standard InChI is InChI=1S/C29H28N2O3S/c1-34-25-16-14-22(15-17-25)20-30-29(33)28(24-11-6-3-7-12-24)31(21-23-9-4-2-5-10-23)27(32)19-26-13-8-18-35-26/h2-18,28H,19-21H2,1H3,(H,30,33)/t28-/m0/s1. The SMILES string of the molecule is COc1ccc(CNC(=O)[C@H](c2ccccc2)N(Cc2ccccc2)C(=O)Cc2cccs2)cc1. The van der Waals surface area contributed by atoms with Gasteiger partial charge in [0.2, 0.25) is 11.8 Å². The molecule has 0 bridgehead atoms. The summed E-state index contributed by atoms with van der Waals surface area (Å²) in [7, 11) is 1.62. The van der Waals surface area contributed by atoms with Crippen molar-refractivity contribution in [2.75, 3.05) is 7.11 Å². The quantitative estimate of drug-likeness (QED) is 0.329. The lowest BCUT2D eigenvalue weighted by Gasteiger charge is -2.31. The molecule has 0 saturated heterocycles. The summed E-state index contributed by atoms with van der Waals surface area (Å²) in [5.41, 5.74) is 2.69. The van der Waals surface area contributed by atoms with Crippen molar-refractivity contribution in [2.45, 2.75) is 25.6 Å². The molecule has 6 heteroatoms. The summed E-state index contributed by atoms with van der Waals surface area (Å²) in [4.78, 5) is 29.9. The Morgan fingerprint density at radius 1 is 0.857 bits per heavy atom. The van der Waals surface area contributed by atoms with E-state index >= 15 is 0 Å². The molecule has 0 spiro atoms. The Balaban J connectivity index is 1.62. The summed E-state index contributed by atoms with van der Waals surface area (Å²) in [6.45, 7) is 0.686. The summed E-state index contributed by atoms with van der Waals surface area (Å²) >= 11 is 1.54. The van der Waals surface area contributed by atoms with Crippen LogP contribution in [0.2, 0.25) is 0 Å². The maximum absolute atomic E-state index is 13.7. The normalized spacial score (nSPS) is 11.5. The highest BCUT2D eigenvalue weighted by Crippen LogP contribution is 2.26. The van der Waals surface area contributed by atoms with Crippen LogP contribution in [0.4, 0.5) is 0 Å². The van der Waals surface area contributed by atoms with Crippen LogP contribution in [0.25, 0.3) is 0 Å². The molecule has 0 aliphatic rings. The molecule has 1 heterocycles. The van der Waals surface area contributed by atoms with E-state index in [0.29, 0.717) is 13.1 Å². The van der Waals surface area contributed by atoms with Gasteiger partial charge in [-0.3, -0.25) is 9.59 Å². The van der Waals surface area contributed by atoms with Crippen molar-refractivity contribution in [1.82, 2.24) is 10.2 Å².